The maximum atomic E-state index is 12.9. The molecule has 1 saturated heterocycles. The molecule has 0 saturated carbocycles. The number of benzene rings is 1. The monoisotopic (exact) mass is 459 g/mol. The van der Waals surface area contributed by atoms with Gasteiger partial charge in [-0.15, -0.1) is 11.3 Å². The minimum atomic E-state index is -3.51. The summed E-state index contributed by atoms with van der Waals surface area (Å²) in [5, 5.41) is 4.09. The first-order chi connectivity index (χ1) is 15.0. The molecule has 5 rings (SSSR count). The Kier molecular flexibility index (Phi) is 5.60. The number of carbonyl (C=O) groups excluding carboxylic acids is 1. The highest BCUT2D eigenvalue weighted by atomic mass is 32.2. The van der Waals surface area contributed by atoms with Crippen LogP contribution in [0.5, 0.6) is 0 Å². The van der Waals surface area contributed by atoms with Gasteiger partial charge in [-0.1, -0.05) is 12.1 Å². The predicted molar refractivity (Wildman–Crippen MR) is 120 cm³/mol. The summed E-state index contributed by atoms with van der Waals surface area (Å²) in [4.78, 5) is 17.2. The topological polar surface area (TPSA) is 91.5 Å². The Morgan fingerprint density at radius 1 is 1.13 bits per heavy atom. The minimum absolute atomic E-state index is 0.157. The van der Waals surface area contributed by atoms with E-state index in [1.165, 1.54) is 39.7 Å². The van der Waals surface area contributed by atoms with E-state index in [0.29, 0.717) is 42.6 Å². The van der Waals surface area contributed by atoms with Crippen LogP contribution in [0.3, 0.4) is 0 Å². The van der Waals surface area contributed by atoms with Gasteiger partial charge in [-0.25, -0.2) is 8.42 Å². The van der Waals surface area contributed by atoms with Gasteiger partial charge in [-0.2, -0.15) is 4.31 Å². The van der Waals surface area contributed by atoms with Crippen LogP contribution in [-0.2, 0) is 34.1 Å². The van der Waals surface area contributed by atoms with Gasteiger partial charge in [0.25, 0.3) is 15.9 Å². The Hall–Kier alpha value is -2.20. The van der Waals surface area contributed by atoms with Crippen molar-refractivity contribution in [2.45, 2.75) is 36.4 Å². The second kappa shape index (κ2) is 8.38. The van der Waals surface area contributed by atoms with Crippen LogP contribution in [0.25, 0.3) is 10.9 Å². The smallest absolute Gasteiger partial charge is 0.253 e. The van der Waals surface area contributed by atoms with Crippen molar-refractivity contribution in [3.05, 3.63) is 52.0 Å². The average Bonchev–Trinajstić information content (AvgIpc) is 3.43. The number of thiophene rings is 1. The van der Waals surface area contributed by atoms with Gasteiger partial charge >= 0.3 is 0 Å². The van der Waals surface area contributed by atoms with E-state index in [1.807, 2.05) is 12.1 Å². The van der Waals surface area contributed by atoms with Crippen LogP contribution in [0.4, 0.5) is 0 Å². The molecule has 2 aromatic heterocycles. The van der Waals surface area contributed by atoms with Crippen LogP contribution in [0.15, 0.2) is 34.5 Å². The van der Waals surface area contributed by atoms with Gasteiger partial charge in [-0.05, 0) is 49.4 Å². The number of aromatic nitrogens is 1. The maximum Gasteiger partial charge on any atom is 0.253 e. The fraction of sp³-hybridized carbons (Fsp3) is 0.409. The van der Waals surface area contributed by atoms with Gasteiger partial charge in [0.1, 0.15) is 4.21 Å². The average molecular weight is 460 g/mol. The van der Waals surface area contributed by atoms with Gasteiger partial charge in [0.2, 0.25) is 0 Å². The second-order valence-corrected chi connectivity index (χ2v) is 11.3. The highest BCUT2D eigenvalue weighted by Crippen LogP contribution is 2.31. The molecule has 9 heteroatoms. The zero-order valence-electron chi connectivity index (χ0n) is 17.1. The molecule has 1 aromatic carbocycles. The second-order valence-electron chi connectivity index (χ2n) is 7.94. The normalized spacial score (nSPS) is 17.5. The number of morpholine rings is 1. The number of rotatable bonds is 5. The highest BCUT2D eigenvalue weighted by Gasteiger charge is 2.28. The fourth-order valence-electron chi connectivity index (χ4n) is 4.39. The zero-order valence-corrected chi connectivity index (χ0v) is 18.8. The number of nitrogens with zero attached hydrogens (tertiary/aromatic N) is 1. The van der Waals surface area contributed by atoms with E-state index in [2.05, 4.69) is 16.4 Å². The molecule has 0 atom stereocenters. The van der Waals surface area contributed by atoms with Crippen molar-refractivity contribution >= 4 is 38.2 Å². The van der Waals surface area contributed by atoms with E-state index in [0.717, 1.165) is 28.6 Å². The number of ether oxygens (including phenoxy) is 1. The lowest BCUT2D eigenvalue weighted by Crippen LogP contribution is -2.40. The Labute approximate surface area is 185 Å². The molecule has 1 aliphatic heterocycles. The lowest BCUT2D eigenvalue weighted by atomic mass is 9.95. The van der Waals surface area contributed by atoms with Crippen molar-refractivity contribution in [1.82, 2.24) is 14.6 Å². The molecule has 31 heavy (non-hydrogen) atoms. The van der Waals surface area contributed by atoms with Crippen LogP contribution in [0.1, 0.15) is 39.3 Å². The van der Waals surface area contributed by atoms with Gasteiger partial charge < -0.3 is 15.0 Å². The van der Waals surface area contributed by atoms with Crippen molar-refractivity contribution in [3.8, 4) is 0 Å². The van der Waals surface area contributed by atoms with E-state index in [4.69, 9.17) is 4.74 Å². The predicted octanol–water partition coefficient (Wildman–Crippen LogP) is 3.06. The van der Waals surface area contributed by atoms with Crippen LogP contribution in [-0.4, -0.2) is 49.9 Å². The summed E-state index contributed by atoms with van der Waals surface area (Å²) in [6, 6.07) is 9.23. The Morgan fingerprint density at radius 3 is 2.77 bits per heavy atom. The number of H-pyrrole nitrogens is 1. The van der Waals surface area contributed by atoms with E-state index < -0.39 is 10.0 Å². The molecular formula is C22H25N3O4S2. The molecule has 1 fully saturated rings. The summed E-state index contributed by atoms with van der Waals surface area (Å²) in [5.74, 6) is -0.157. The molecule has 2 aliphatic rings. The number of amides is 1. The van der Waals surface area contributed by atoms with Crippen molar-refractivity contribution in [3.63, 3.8) is 0 Å². The summed E-state index contributed by atoms with van der Waals surface area (Å²) in [7, 11) is -3.51. The van der Waals surface area contributed by atoms with Crippen molar-refractivity contribution in [2.24, 2.45) is 0 Å². The molecule has 0 spiro atoms. The molecule has 3 aromatic rings. The van der Waals surface area contributed by atoms with Crippen LogP contribution < -0.4 is 5.32 Å². The van der Waals surface area contributed by atoms with Crippen LogP contribution in [0, 0.1) is 0 Å². The fourth-order valence-corrected chi connectivity index (χ4v) is 7.25. The third-order valence-electron chi connectivity index (χ3n) is 6.00. The number of sulfonamides is 1. The third-order valence-corrected chi connectivity index (χ3v) is 9.45. The Balaban J connectivity index is 1.31. The van der Waals surface area contributed by atoms with Crippen molar-refractivity contribution < 1.29 is 17.9 Å². The number of aromatic amines is 1. The zero-order chi connectivity index (χ0) is 21.4. The molecule has 164 valence electrons. The first-order valence-corrected chi connectivity index (χ1v) is 12.9. The first kappa shape index (κ1) is 20.7. The quantitative estimate of drug-likeness (QED) is 0.614. The summed E-state index contributed by atoms with van der Waals surface area (Å²) in [5.41, 5.74) is 4.11. The number of hydrogen-bond acceptors (Lipinski definition) is 5. The van der Waals surface area contributed by atoms with E-state index in [1.54, 1.807) is 12.1 Å². The van der Waals surface area contributed by atoms with E-state index in [-0.39, 0.29) is 5.91 Å². The summed E-state index contributed by atoms with van der Waals surface area (Å²) in [6.45, 7) is 1.87. The summed E-state index contributed by atoms with van der Waals surface area (Å²) in [6.07, 6.45) is 4.44. The molecule has 0 unspecified atom stereocenters. The molecule has 1 amide bonds. The standard InChI is InChI=1S/C22H25N3O4S2/c26-22(18-6-3-5-17-16-4-1-2-7-19(16)24-21(17)18)23-14-15-8-9-20(30-15)31(27,28)25-10-12-29-13-11-25/h3,5-6,8-9,24H,1-2,4,7,10-14H2,(H,23,26). The number of para-hydroxylation sites is 1. The minimum Gasteiger partial charge on any atom is -0.379 e. The molecule has 7 nitrogen and oxygen atoms in total. The van der Waals surface area contributed by atoms with Crippen molar-refractivity contribution in [1.29, 1.82) is 0 Å². The van der Waals surface area contributed by atoms with Gasteiger partial charge in [0, 0.05) is 29.0 Å². The maximum absolute atomic E-state index is 12.9. The summed E-state index contributed by atoms with van der Waals surface area (Å²) < 4.78 is 32.6. The number of nitrogens with one attached hydrogen (secondary N) is 2. The van der Waals surface area contributed by atoms with Crippen LogP contribution in [0.2, 0.25) is 0 Å². The Morgan fingerprint density at radius 2 is 1.94 bits per heavy atom. The first-order valence-electron chi connectivity index (χ1n) is 10.6. The molecule has 0 bridgehead atoms. The van der Waals surface area contributed by atoms with Gasteiger partial charge in [0.15, 0.2) is 0 Å². The largest absolute Gasteiger partial charge is 0.379 e. The SMILES string of the molecule is O=C(NCc1ccc(S(=O)(=O)N2CCOCC2)s1)c1cccc2c3c([nH]c12)CCCC3. The van der Waals surface area contributed by atoms with E-state index >= 15 is 0 Å². The van der Waals surface area contributed by atoms with Crippen molar-refractivity contribution in [2.75, 3.05) is 26.3 Å². The highest BCUT2D eigenvalue weighted by molar-refractivity contribution is 7.91. The summed E-state index contributed by atoms with van der Waals surface area (Å²) >= 11 is 1.20. The number of hydrogen-bond donors (Lipinski definition) is 2. The number of carbonyl (C=O) groups is 1. The molecular weight excluding hydrogens is 434 g/mol. The molecule has 1 aliphatic carbocycles. The lowest BCUT2D eigenvalue weighted by Gasteiger charge is -2.25. The molecule has 2 N–H and O–H groups in total. The number of aryl methyl sites for hydroxylation is 2. The Bertz CT molecular complexity index is 1220. The molecule has 3 heterocycles. The third kappa shape index (κ3) is 3.91. The van der Waals surface area contributed by atoms with Gasteiger partial charge in [0.05, 0.1) is 30.8 Å². The van der Waals surface area contributed by atoms with Gasteiger partial charge in [-0.3, -0.25) is 4.79 Å². The molecule has 0 radical (unpaired) electrons. The van der Waals surface area contributed by atoms with Crippen LogP contribution >= 0.6 is 11.3 Å². The van der Waals surface area contributed by atoms with E-state index in [9.17, 15) is 13.2 Å². The number of fused-ring (bicyclic) bond motifs is 3. The lowest BCUT2D eigenvalue weighted by molar-refractivity contribution is 0.0731.